The molecule has 2 rings (SSSR count). The molecular weight excluding hydrogens is 230 g/mol. The average Bonchev–Trinajstić information content (AvgIpc) is 2.34. The topological polar surface area (TPSA) is 30.0 Å². The van der Waals surface area contributed by atoms with Crippen molar-refractivity contribution in [3.05, 3.63) is 48.2 Å². The first-order chi connectivity index (χ1) is 8.27. The van der Waals surface area contributed by atoms with E-state index in [9.17, 15) is 4.79 Å². The van der Waals surface area contributed by atoms with Crippen molar-refractivity contribution >= 4 is 33.9 Å². The zero-order chi connectivity index (χ0) is 12.1. The third kappa shape index (κ3) is 3.17. The van der Waals surface area contributed by atoms with Gasteiger partial charge >= 0.3 is 0 Å². The number of thioether (sulfide) groups is 1. The molecule has 0 saturated carbocycles. The van der Waals surface area contributed by atoms with E-state index in [1.165, 1.54) is 11.8 Å². The molecule has 1 aromatic heterocycles. The van der Waals surface area contributed by atoms with Gasteiger partial charge in [0.1, 0.15) is 0 Å². The SMILES string of the molecule is CC(=O)SCC=Cc1cccc2ncccc12. The first kappa shape index (κ1) is 11.9. The smallest absolute Gasteiger partial charge is 0.186 e. The summed E-state index contributed by atoms with van der Waals surface area (Å²) in [6.07, 6.45) is 5.84. The molecule has 0 aliphatic heterocycles. The number of carbonyl (C=O) groups excluding carboxylic acids is 1. The van der Waals surface area contributed by atoms with Crippen molar-refractivity contribution in [1.29, 1.82) is 0 Å². The van der Waals surface area contributed by atoms with Crippen molar-refractivity contribution in [2.45, 2.75) is 6.92 Å². The average molecular weight is 243 g/mol. The number of benzene rings is 1. The largest absolute Gasteiger partial charge is 0.288 e. The lowest BCUT2D eigenvalue weighted by Crippen LogP contribution is -1.83. The molecule has 1 aromatic carbocycles. The Morgan fingerprint density at radius 1 is 1.35 bits per heavy atom. The van der Waals surface area contributed by atoms with Gasteiger partial charge in [0.15, 0.2) is 5.12 Å². The Labute approximate surface area is 105 Å². The second kappa shape index (κ2) is 5.64. The molecule has 3 heteroatoms. The fourth-order valence-electron chi connectivity index (χ4n) is 1.61. The molecule has 0 saturated heterocycles. The summed E-state index contributed by atoms with van der Waals surface area (Å²) in [4.78, 5) is 15.1. The Morgan fingerprint density at radius 3 is 3.06 bits per heavy atom. The number of hydrogen-bond donors (Lipinski definition) is 0. The first-order valence-corrected chi connectivity index (χ1v) is 6.39. The molecule has 0 N–H and O–H groups in total. The summed E-state index contributed by atoms with van der Waals surface area (Å²) in [6.45, 7) is 1.58. The van der Waals surface area contributed by atoms with Gasteiger partial charge in [-0.25, -0.2) is 0 Å². The molecule has 0 radical (unpaired) electrons. The predicted octanol–water partition coefficient (Wildman–Crippen LogP) is 3.53. The van der Waals surface area contributed by atoms with E-state index in [1.54, 1.807) is 13.1 Å². The highest BCUT2D eigenvalue weighted by atomic mass is 32.2. The van der Waals surface area contributed by atoms with Crippen molar-refractivity contribution in [3.63, 3.8) is 0 Å². The Morgan fingerprint density at radius 2 is 2.24 bits per heavy atom. The molecule has 17 heavy (non-hydrogen) atoms. The van der Waals surface area contributed by atoms with Crippen molar-refractivity contribution in [3.8, 4) is 0 Å². The third-order valence-corrected chi connectivity index (χ3v) is 3.13. The van der Waals surface area contributed by atoms with Crippen molar-refractivity contribution in [2.75, 3.05) is 5.75 Å². The Balaban J connectivity index is 2.21. The van der Waals surface area contributed by atoms with Crippen LogP contribution in [-0.4, -0.2) is 15.9 Å². The first-order valence-electron chi connectivity index (χ1n) is 5.41. The maximum atomic E-state index is 10.8. The van der Waals surface area contributed by atoms with Crippen molar-refractivity contribution in [2.24, 2.45) is 0 Å². The Kier molecular flexibility index (Phi) is 3.94. The zero-order valence-electron chi connectivity index (χ0n) is 9.59. The fraction of sp³-hybridized carbons (Fsp3) is 0.143. The van der Waals surface area contributed by atoms with Crippen LogP contribution in [0.25, 0.3) is 17.0 Å². The van der Waals surface area contributed by atoms with Gasteiger partial charge in [-0.05, 0) is 17.7 Å². The molecule has 0 amide bonds. The number of rotatable bonds is 3. The normalized spacial score (nSPS) is 11.1. The molecule has 2 aromatic rings. The summed E-state index contributed by atoms with van der Waals surface area (Å²) in [5.41, 5.74) is 2.13. The lowest BCUT2D eigenvalue weighted by molar-refractivity contribution is -0.109. The van der Waals surface area contributed by atoms with E-state index in [2.05, 4.69) is 17.1 Å². The van der Waals surface area contributed by atoms with Crippen molar-refractivity contribution < 1.29 is 4.79 Å². The second-order valence-corrected chi connectivity index (χ2v) is 4.82. The van der Waals surface area contributed by atoms with Crippen LogP contribution >= 0.6 is 11.8 Å². The van der Waals surface area contributed by atoms with Gasteiger partial charge in [0.05, 0.1) is 5.52 Å². The molecular formula is C14H13NOS. The van der Waals surface area contributed by atoms with Crippen LogP contribution in [0.3, 0.4) is 0 Å². The Hall–Kier alpha value is -1.61. The highest BCUT2D eigenvalue weighted by molar-refractivity contribution is 8.13. The minimum atomic E-state index is 0.147. The molecule has 0 bridgehead atoms. The summed E-state index contributed by atoms with van der Waals surface area (Å²) < 4.78 is 0. The van der Waals surface area contributed by atoms with Crippen LogP contribution in [0, 0.1) is 0 Å². The summed E-state index contributed by atoms with van der Waals surface area (Å²) >= 11 is 1.31. The van der Waals surface area contributed by atoms with E-state index in [0.717, 1.165) is 16.5 Å². The molecule has 0 unspecified atom stereocenters. The van der Waals surface area contributed by atoms with Crippen LogP contribution in [0.15, 0.2) is 42.6 Å². The van der Waals surface area contributed by atoms with Gasteiger partial charge in [0, 0.05) is 24.3 Å². The monoisotopic (exact) mass is 243 g/mol. The number of carbonyl (C=O) groups is 1. The van der Waals surface area contributed by atoms with Crippen LogP contribution < -0.4 is 0 Å². The fourth-order valence-corrected chi connectivity index (χ4v) is 2.04. The van der Waals surface area contributed by atoms with Crippen molar-refractivity contribution in [1.82, 2.24) is 4.98 Å². The van der Waals surface area contributed by atoms with E-state index in [0.29, 0.717) is 5.75 Å². The van der Waals surface area contributed by atoms with Crippen LogP contribution in [0.1, 0.15) is 12.5 Å². The third-order valence-electron chi connectivity index (χ3n) is 2.36. The standard InChI is InChI=1S/C14H13NOS/c1-11(16)17-10-4-6-12-5-2-8-14-13(12)7-3-9-15-14/h2-9H,10H2,1H3. The van der Waals surface area contributed by atoms with E-state index in [-0.39, 0.29) is 5.12 Å². The van der Waals surface area contributed by atoms with Gasteiger partial charge in [-0.3, -0.25) is 9.78 Å². The quantitative estimate of drug-likeness (QED) is 0.826. The number of hydrogen-bond acceptors (Lipinski definition) is 3. The van der Waals surface area contributed by atoms with Gasteiger partial charge < -0.3 is 0 Å². The summed E-state index contributed by atoms with van der Waals surface area (Å²) in [5.74, 6) is 0.714. The van der Waals surface area contributed by atoms with E-state index in [4.69, 9.17) is 0 Å². The van der Waals surface area contributed by atoms with Gasteiger partial charge in [0.2, 0.25) is 0 Å². The molecule has 1 heterocycles. The van der Waals surface area contributed by atoms with Gasteiger partial charge in [-0.2, -0.15) is 0 Å². The van der Waals surface area contributed by atoms with Gasteiger partial charge in [-0.1, -0.05) is 42.1 Å². The van der Waals surface area contributed by atoms with Crippen LogP contribution in [-0.2, 0) is 4.79 Å². The number of fused-ring (bicyclic) bond motifs is 1. The minimum absolute atomic E-state index is 0.147. The number of aromatic nitrogens is 1. The maximum absolute atomic E-state index is 10.8. The lowest BCUT2D eigenvalue weighted by Gasteiger charge is -2.00. The molecule has 0 atom stereocenters. The van der Waals surface area contributed by atoms with Gasteiger partial charge in [0.25, 0.3) is 0 Å². The zero-order valence-corrected chi connectivity index (χ0v) is 10.4. The molecule has 86 valence electrons. The molecule has 0 fully saturated rings. The number of pyridine rings is 1. The second-order valence-electron chi connectivity index (χ2n) is 3.62. The lowest BCUT2D eigenvalue weighted by atomic mass is 10.1. The number of nitrogens with zero attached hydrogens (tertiary/aromatic N) is 1. The maximum Gasteiger partial charge on any atom is 0.186 e. The molecule has 0 spiro atoms. The van der Waals surface area contributed by atoms with E-state index >= 15 is 0 Å². The highest BCUT2D eigenvalue weighted by Gasteiger charge is 1.97. The molecule has 2 nitrogen and oxygen atoms in total. The van der Waals surface area contributed by atoms with Crippen LogP contribution in [0.2, 0.25) is 0 Å². The molecule has 0 aliphatic rings. The summed E-state index contributed by atoms with van der Waals surface area (Å²) in [7, 11) is 0. The van der Waals surface area contributed by atoms with Gasteiger partial charge in [-0.15, -0.1) is 0 Å². The minimum Gasteiger partial charge on any atom is -0.288 e. The predicted molar refractivity (Wildman–Crippen MR) is 73.9 cm³/mol. The van der Waals surface area contributed by atoms with E-state index in [1.807, 2.05) is 30.4 Å². The summed E-state index contributed by atoms with van der Waals surface area (Å²) in [6, 6.07) is 10.0. The molecule has 0 aliphatic carbocycles. The van der Waals surface area contributed by atoms with E-state index < -0.39 is 0 Å². The Bertz CT molecular complexity index is 558. The summed E-state index contributed by atoms with van der Waals surface area (Å²) in [5, 5.41) is 1.29. The highest BCUT2D eigenvalue weighted by Crippen LogP contribution is 2.17. The van der Waals surface area contributed by atoms with Crippen LogP contribution in [0.5, 0.6) is 0 Å². The van der Waals surface area contributed by atoms with Crippen LogP contribution in [0.4, 0.5) is 0 Å².